The molecule has 7 nitrogen and oxygen atoms in total. The van der Waals surface area contributed by atoms with Crippen LogP contribution in [0, 0.1) is 0 Å². The molecule has 0 radical (unpaired) electrons. The smallest absolute Gasteiger partial charge is 0.291 e. The highest BCUT2D eigenvalue weighted by Gasteiger charge is 2.15. The van der Waals surface area contributed by atoms with E-state index in [0.29, 0.717) is 32.6 Å². The number of hydrogen-bond acceptors (Lipinski definition) is 7. The van der Waals surface area contributed by atoms with Crippen molar-refractivity contribution < 1.29 is 14.2 Å². The van der Waals surface area contributed by atoms with E-state index in [2.05, 4.69) is 26.0 Å². The number of rotatable bonds is 5. The first kappa shape index (κ1) is 19.4. The quantitative estimate of drug-likeness (QED) is 0.443. The highest BCUT2D eigenvalue weighted by Crippen LogP contribution is 2.38. The normalized spacial score (nSPS) is 11.8. The van der Waals surface area contributed by atoms with Crippen molar-refractivity contribution >= 4 is 38.3 Å². The molecular formula is C20H16BrN3O4S. The first-order valence-electron chi connectivity index (χ1n) is 8.52. The predicted octanol–water partition coefficient (Wildman–Crippen LogP) is 3.15. The van der Waals surface area contributed by atoms with Gasteiger partial charge in [0.15, 0.2) is 17.3 Å². The van der Waals surface area contributed by atoms with Gasteiger partial charge in [-0.25, -0.2) is 0 Å². The predicted molar refractivity (Wildman–Crippen MR) is 115 cm³/mol. The van der Waals surface area contributed by atoms with Gasteiger partial charge >= 0.3 is 0 Å². The highest BCUT2D eigenvalue weighted by molar-refractivity contribution is 9.10. The Morgan fingerprint density at radius 3 is 2.34 bits per heavy atom. The second-order valence-electron chi connectivity index (χ2n) is 5.98. The van der Waals surface area contributed by atoms with Crippen LogP contribution in [0.4, 0.5) is 0 Å². The number of aromatic nitrogens is 3. The lowest BCUT2D eigenvalue weighted by Crippen LogP contribution is -2.23. The molecule has 0 spiro atoms. The number of methoxy groups -OCH3 is 3. The Bertz CT molecular complexity index is 1290. The van der Waals surface area contributed by atoms with Crippen LogP contribution in [0.5, 0.6) is 17.2 Å². The lowest BCUT2D eigenvalue weighted by molar-refractivity contribution is 0.324. The maximum atomic E-state index is 12.8. The summed E-state index contributed by atoms with van der Waals surface area (Å²) in [5.41, 5.74) is 1.34. The van der Waals surface area contributed by atoms with Gasteiger partial charge in [0.05, 0.1) is 25.9 Å². The maximum Gasteiger partial charge on any atom is 0.291 e. The van der Waals surface area contributed by atoms with Gasteiger partial charge in [-0.2, -0.15) is 9.50 Å². The number of benzene rings is 2. The molecule has 9 heteroatoms. The summed E-state index contributed by atoms with van der Waals surface area (Å²) in [5, 5.41) is 4.38. The van der Waals surface area contributed by atoms with E-state index in [1.165, 1.54) is 15.9 Å². The fraction of sp³-hybridized carbons (Fsp3) is 0.150. The van der Waals surface area contributed by atoms with E-state index in [-0.39, 0.29) is 5.56 Å². The number of nitrogens with zero attached hydrogens (tertiary/aromatic N) is 3. The van der Waals surface area contributed by atoms with Gasteiger partial charge in [0.1, 0.15) is 0 Å². The van der Waals surface area contributed by atoms with Crippen molar-refractivity contribution in [1.82, 2.24) is 14.6 Å². The Morgan fingerprint density at radius 2 is 1.76 bits per heavy atom. The van der Waals surface area contributed by atoms with Gasteiger partial charge in [0.25, 0.3) is 5.56 Å². The third kappa shape index (κ3) is 3.47. The fourth-order valence-corrected chi connectivity index (χ4v) is 4.30. The molecule has 0 saturated carbocycles. The minimum absolute atomic E-state index is 0.232. The van der Waals surface area contributed by atoms with E-state index < -0.39 is 0 Å². The lowest BCUT2D eigenvalue weighted by atomic mass is 10.1. The Kier molecular flexibility index (Phi) is 5.25. The number of fused-ring (bicyclic) bond motifs is 1. The van der Waals surface area contributed by atoms with Crippen LogP contribution in [0.1, 0.15) is 5.56 Å². The van der Waals surface area contributed by atoms with Crippen LogP contribution in [0.3, 0.4) is 0 Å². The van der Waals surface area contributed by atoms with E-state index in [9.17, 15) is 4.79 Å². The minimum Gasteiger partial charge on any atom is -0.493 e. The SMILES string of the molecule is COc1cc(/C=c2/sc3nc(-c4ccccc4Br)nn3c2=O)cc(OC)c1OC. The van der Waals surface area contributed by atoms with Crippen LogP contribution < -0.4 is 24.3 Å². The standard InChI is InChI=1S/C20H16BrN3O4S/c1-26-14-8-11(9-15(27-2)17(14)28-3)10-16-19(25)24-20(29-16)22-18(23-24)12-6-4-5-7-13(12)21/h4-10H,1-3H3/b16-10+. The molecule has 148 valence electrons. The molecule has 0 saturated heterocycles. The molecule has 2 aromatic heterocycles. The summed E-state index contributed by atoms with van der Waals surface area (Å²) in [4.78, 5) is 17.9. The molecule has 0 unspecified atom stereocenters. The number of ether oxygens (including phenoxy) is 3. The van der Waals surface area contributed by atoms with Crippen LogP contribution in [0.25, 0.3) is 22.4 Å². The van der Waals surface area contributed by atoms with E-state index in [0.717, 1.165) is 15.6 Å². The van der Waals surface area contributed by atoms with Gasteiger partial charge < -0.3 is 14.2 Å². The highest BCUT2D eigenvalue weighted by atomic mass is 79.9. The van der Waals surface area contributed by atoms with Crippen molar-refractivity contribution in [3.8, 4) is 28.6 Å². The average Bonchev–Trinajstić information content (AvgIpc) is 3.27. The molecule has 2 heterocycles. The van der Waals surface area contributed by atoms with Crippen molar-refractivity contribution in [2.75, 3.05) is 21.3 Å². The van der Waals surface area contributed by atoms with Gasteiger partial charge in [-0.05, 0) is 35.9 Å². The van der Waals surface area contributed by atoms with Gasteiger partial charge in [-0.3, -0.25) is 4.79 Å². The molecule has 4 rings (SSSR count). The monoisotopic (exact) mass is 473 g/mol. The van der Waals surface area contributed by atoms with Crippen molar-refractivity contribution in [3.63, 3.8) is 0 Å². The Hall–Kier alpha value is -2.91. The largest absolute Gasteiger partial charge is 0.493 e. The zero-order valence-electron chi connectivity index (χ0n) is 15.8. The molecular weight excluding hydrogens is 458 g/mol. The second kappa shape index (κ2) is 7.84. The molecule has 0 aliphatic rings. The average molecular weight is 474 g/mol. The summed E-state index contributed by atoms with van der Waals surface area (Å²) in [6.07, 6.45) is 1.76. The number of hydrogen-bond donors (Lipinski definition) is 0. The Morgan fingerprint density at radius 1 is 1.07 bits per heavy atom. The van der Waals surface area contributed by atoms with Crippen molar-refractivity contribution in [3.05, 3.63) is 61.3 Å². The van der Waals surface area contributed by atoms with Crippen LogP contribution in [-0.4, -0.2) is 35.9 Å². The fourth-order valence-electron chi connectivity index (χ4n) is 2.93. The molecule has 0 atom stereocenters. The molecule has 0 aliphatic heterocycles. The Labute approximate surface area is 178 Å². The molecule has 0 amide bonds. The van der Waals surface area contributed by atoms with Crippen molar-refractivity contribution in [1.29, 1.82) is 0 Å². The minimum atomic E-state index is -0.232. The van der Waals surface area contributed by atoms with Crippen molar-refractivity contribution in [2.24, 2.45) is 0 Å². The second-order valence-corrected chi connectivity index (χ2v) is 7.85. The maximum absolute atomic E-state index is 12.8. The third-order valence-corrected chi connectivity index (χ3v) is 5.93. The van der Waals surface area contributed by atoms with Crippen LogP contribution >= 0.6 is 27.3 Å². The van der Waals surface area contributed by atoms with E-state index in [4.69, 9.17) is 14.2 Å². The zero-order chi connectivity index (χ0) is 20.5. The van der Waals surface area contributed by atoms with Gasteiger partial charge in [-0.1, -0.05) is 39.4 Å². The van der Waals surface area contributed by atoms with Gasteiger partial charge in [-0.15, -0.1) is 5.10 Å². The lowest BCUT2D eigenvalue weighted by Gasteiger charge is -2.12. The molecule has 2 aromatic carbocycles. The summed E-state index contributed by atoms with van der Waals surface area (Å²) in [6, 6.07) is 11.2. The summed E-state index contributed by atoms with van der Waals surface area (Å²) >= 11 is 4.76. The summed E-state index contributed by atoms with van der Waals surface area (Å²) in [6.45, 7) is 0. The topological polar surface area (TPSA) is 75.0 Å². The van der Waals surface area contributed by atoms with E-state index in [1.807, 2.05) is 24.3 Å². The third-order valence-electron chi connectivity index (χ3n) is 4.28. The summed E-state index contributed by atoms with van der Waals surface area (Å²) < 4.78 is 18.8. The molecule has 0 bridgehead atoms. The number of halogens is 1. The van der Waals surface area contributed by atoms with Crippen molar-refractivity contribution in [2.45, 2.75) is 0 Å². The van der Waals surface area contributed by atoms with Gasteiger partial charge in [0, 0.05) is 10.0 Å². The zero-order valence-corrected chi connectivity index (χ0v) is 18.2. The molecule has 4 aromatic rings. The summed E-state index contributed by atoms with van der Waals surface area (Å²) in [7, 11) is 4.64. The van der Waals surface area contributed by atoms with E-state index >= 15 is 0 Å². The summed E-state index contributed by atoms with van der Waals surface area (Å²) in [5.74, 6) is 2.03. The molecule has 0 N–H and O–H groups in total. The van der Waals surface area contributed by atoms with E-state index in [1.54, 1.807) is 39.5 Å². The van der Waals surface area contributed by atoms with Gasteiger partial charge in [0.2, 0.25) is 10.7 Å². The van der Waals surface area contributed by atoms with Crippen LogP contribution in [-0.2, 0) is 0 Å². The molecule has 0 fully saturated rings. The molecule has 29 heavy (non-hydrogen) atoms. The first-order chi connectivity index (χ1) is 14.0. The van der Waals surface area contributed by atoms with Crippen LogP contribution in [0.15, 0.2) is 45.7 Å². The Balaban J connectivity index is 1.82. The number of thiazole rings is 1. The molecule has 0 aliphatic carbocycles. The van der Waals surface area contributed by atoms with Crippen LogP contribution in [0.2, 0.25) is 0 Å². The first-order valence-corrected chi connectivity index (χ1v) is 10.1.